The van der Waals surface area contributed by atoms with E-state index in [0.29, 0.717) is 11.5 Å². The molecule has 3 nitrogen and oxygen atoms in total. The van der Waals surface area contributed by atoms with Crippen LogP contribution in [0.3, 0.4) is 0 Å². The van der Waals surface area contributed by atoms with Gasteiger partial charge >= 0.3 is 0 Å². The highest BCUT2D eigenvalue weighted by molar-refractivity contribution is 8.14. The van der Waals surface area contributed by atoms with Gasteiger partial charge in [0.25, 0.3) is 0 Å². The highest BCUT2D eigenvalue weighted by Crippen LogP contribution is 2.28. The van der Waals surface area contributed by atoms with Crippen molar-refractivity contribution in [3.63, 3.8) is 0 Å². The number of thioether (sulfide) groups is 2. The smallest absolute Gasteiger partial charge is 0.216 e. The van der Waals surface area contributed by atoms with Crippen molar-refractivity contribution < 1.29 is 14.3 Å². The van der Waals surface area contributed by atoms with E-state index in [0.717, 1.165) is 20.9 Å². The standard InChI is InChI=1S/C30H22O3S2/c31-29(21-11-23-7-3-1-4-8-23)34-27-17-13-25(14-18-27)33-26-15-19-28(20-16-26)35-30(32)22-12-24-9-5-2-6-10-24/h1-22H/b21-11+,22-12+. The zero-order valence-electron chi connectivity index (χ0n) is 18.7. The molecule has 0 spiro atoms. The van der Waals surface area contributed by atoms with E-state index in [-0.39, 0.29) is 10.2 Å². The molecule has 0 unspecified atom stereocenters. The molecule has 0 saturated heterocycles. The second-order valence-electron chi connectivity index (χ2n) is 7.38. The summed E-state index contributed by atoms with van der Waals surface area (Å²) in [5.74, 6) is 1.34. The minimum Gasteiger partial charge on any atom is -0.457 e. The second-order valence-corrected chi connectivity index (χ2v) is 9.53. The van der Waals surface area contributed by atoms with Crippen LogP contribution in [0.15, 0.2) is 131 Å². The molecule has 0 aliphatic rings. The van der Waals surface area contributed by atoms with Gasteiger partial charge in [0.2, 0.25) is 10.2 Å². The normalized spacial score (nSPS) is 11.1. The van der Waals surface area contributed by atoms with E-state index in [2.05, 4.69) is 0 Å². The Morgan fingerprint density at radius 1 is 0.514 bits per heavy atom. The lowest BCUT2D eigenvalue weighted by atomic mass is 10.2. The van der Waals surface area contributed by atoms with Gasteiger partial charge in [0, 0.05) is 9.79 Å². The first-order chi connectivity index (χ1) is 17.1. The lowest BCUT2D eigenvalue weighted by molar-refractivity contribution is -0.107. The summed E-state index contributed by atoms with van der Waals surface area (Å²) in [5.41, 5.74) is 1.98. The minimum atomic E-state index is -0.0382. The monoisotopic (exact) mass is 494 g/mol. The average Bonchev–Trinajstić information content (AvgIpc) is 2.90. The van der Waals surface area contributed by atoms with Gasteiger partial charge in [0.15, 0.2) is 0 Å². The average molecular weight is 495 g/mol. The van der Waals surface area contributed by atoms with Crippen molar-refractivity contribution in [1.82, 2.24) is 0 Å². The first-order valence-electron chi connectivity index (χ1n) is 10.9. The highest BCUT2D eigenvalue weighted by atomic mass is 32.2. The molecule has 0 bridgehead atoms. The van der Waals surface area contributed by atoms with Crippen molar-refractivity contribution in [3.8, 4) is 11.5 Å². The fraction of sp³-hybridized carbons (Fsp3) is 0. The van der Waals surface area contributed by atoms with Gasteiger partial charge in [-0.25, -0.2) is 0 Å². The summed E-state index contributed by atoms with van der Waals surface area (Å²) in [7, 11) is 0. The molecule has 0 aliphatic heterocycles. The van der Waals surface area contributed by atoms with Crippen LogP contribution < -0.4 is 4.74 Å². The van der Waals surface area contributed by atoms with Gasteiger partial charge in [-0.3, -0.25) is 9.59 Å². The van der Waals surface area contributed by atoms with E-state index >= 15 is 0 Å². The van der Waals surface area contributed by atoms with E-state index in [4.69, 9.17) is 4.74 Å². The van der Waals surface area contributed by atoms with Crippen molar-refractivity contribution >= 4 is 45.9 Å². The van der Waals surface area contributed by atoms with Crippen molar-refractivity contribution in [2.24, 2.45) is 0 Å². The molecule has 0 N–H and O–H groups in total. The number of carbonyl (C=O) groups is 2. The van der Waals surface area contributed by atoms with E-state index in [1.54, 1.807) is 12.2 Å². The predicted molar refractivity (Wildman–Crippen MR) is 146 cm³/mol. The van der Waals surface area contributed by atoms with Gasteiger partial charge in [-0.15, -0.1) is 0 Å². The van der Waals surface area contributed by atoms with Crippen LogP contribution in [0.5, 0.6) is 11.5 Å². The largest absolute Gasteiger partial charge is 0.457 e. The Morgan fingerprint density at radius 3 is 1.26 bits per heavy atom. The molecule has 0 fully saturated rings. The van der Waals surface area contributed by atoms with Crippen LogP contribution in [-0.2, 0) is 9.59 Å². The summed E-state index contributed by atoms with van der Waals surface area (Å²) in [5, 5.41) is -0.0764. The molecular weight excluding hydrogens is 472 g/mol. The number of ether oxygens (including phenoxy) is 1. The van der Waals surface area contributed by atoms with Gasteiger partial charge in [0.1, 0.15) is 11.5 Å². The molecular formula is C30H22O3S2. The van der Waals surface area contributed by atoms with Crippen LogP contribution in [0.4, 0.5) is 0 Å². The van der Waals surface area contributed by atoms with Crippen LogP contribution >= 0.6 is 23.5 Å². The third kappa shape index (κ3) is 8.18. The summed E-state index contributed by atoms with van der Waals surface area (Å²) in [6, 6.07) is 34.2. The summed E-state index contributed by atoms with van der Waals surface area (Å²) in [4.78, 5) is 26.1. The molecule has 0 atom stereocenters. The number of hydrogen-bond acceptors (Lipinski definition) is 5. The first-order valence-corrected chi connectivity index (χ1v) is 12.6. The molecule has 5 heteroatoms. The topological polar surface area (TPSA) is 43.4 Å². The maximum Gasteiger partial charge on any atom is 0.216 e. The quantitative estimate of drug-likeness (QED) is 0.183. The Kier molecular flexibility index (Phi) is 8.76. The predicted octanol–water partition coefficient (Wildman–Crippen LogP) is 8.14. The minimum absolute atomic E-state index is 0.0382. The summed E-state index contributed by atoms with van der Waals surface area (Å²) < 4.78 is 5.89. The van der Waals surface area contributed by atoms with Crippen molar-refractivity contribution in [2.45, 2.75) is 9.79 Å². The van der Waals surface area contributed by atoms with Crippen LogP contribution in [0.2, 0.25) is 0 Å². The van der Waals surface area contributed by atoms with Crippen molar-refractivity contribution in [3.05, 3.63) is 132 Å². The maximum atomic E-state index is 12.2. The molecule has 0 amide bonds. The van der Waals surface area contributed by atoms with Gasteiger partial charge in [-0.05, 0) is 95.3 Å². The number of carbonyl (C=O) groups excluding carboxylic acids is 2. The van der Waals surface area contributed by atoms with E-state index < -0.39 is 0 Å². The van der Waals surface area contributed by atoms with E-state index in [9.17, 15) is 9.59 Å². The molecule has 0 heterocycles. The summed E-state index contributed by atoms with van der Waals surface area (Å²) in [6.45, 7) is 0. The number of benzene rings is 4. The Hall–Kier alpha value is -3.80. The van der Waals surface area contributed by atoms with Gasteiger partial charge < -0.3 is 4.74 Å². The Morgan fingerprint density at radius 2 is 0.886 bits per heavy atom. The Bertz CT molecular complexity index is 1210. The van der Waals surface area contributed by atoms with Crippen LogP contribution in [0.1, 0.15) is 11.1 Å². The summed E-state index contributed by atoms with van der Waals surface area (Å²) in [6.07, 6.45) is 6.77. The van der Waals surface area contributed by atoms with E-state index in [1.165, 1.54) is 23.5 Å². The van der Waals surface area contributed by atoms with Gasteiger partial charge in [0.05, 0.1) is 0 Å². The summed E-state index contributed by atoms with van der Waals surface area (Å²) >= 11 is 2.33. The molecule has 35 heavy (non-hydrogen) atoms. The molecule has 0 aliphatic carbocycles. The third-order valence-corrected chi connectivity index (χ3v) is 6.43. The molecule has 4 aromatic rings. The SMILES string of the molecule is O=C(/C=C/c1ccccc1)Sc1ccc(Oc2ccc(SC(=O)/C=C/c3ccccc3)cc2)cc1. The Labute approximate surface area is 213 Å². The molecule has 172 valence electrons. The lowest BCUT2D eigenvalue weighted by Crippen LogP contribution is -1.88. The maximum absolute atomic E-state index is 12.2. The first kappa shape index (κ1) is 24.3. The number of hydrogen-bond donors (Lipinski definition) is 0. The molecule has 0 saturated carbocycles. The lowest BCUT2D eigenvalue weighted by Gasteiger charge is -2.07. The van der Waals surface area contributed by atoms with E-state index in [1.807, 2.05) is 121 Å². The molecule has 0 radical (unpaired) electrons. The van der Waals surface area contributed by atoms with Gasteiger partial charge in [-0.2, -0.15) is 0 Å². The molecule has 4 rings (SSSR count). The van der Waals surface area contributed by atoms with Crippen molar-refractivity contribution in [2.75, 3.05) is 0 Å². The number of rotatable bonds is 8. The van der Waals surface area contributed by atoms with Gasteiger partial charge in [-0.1, -0.05) is 72.8 Å². The highest BCUT2D eigenvalue weighted by Gasteiger charge is 2.05. The second kappa shape index (κ2) is 12.6. The van der Waals surface area contributed by atoms with Crippen LogP contribution in [-0.4, -0.2) is 10.2 Å². The fourth-order valence-electron chi connectivity index (χ4n) is 3.04. The molecule has 0 aromatic heterocycles. The van der Waals surface area contributed by atoms with Crippen molar-refractivity contribution in [1.29, 1.82) is 0 Å². The third-order valence-electron chi connectivity index (χ3n) is 4.74. The zero-order chi connectivity index (χ0) is 24.3. The van der Waals surface area contributed by atoms with Crippen LogP contribution in [0.25, 0.3) is 12.2 Å². The molecule has 4 aromatic carbocycles. The van der Waals surface area contributed by atoms with Crippen LogP contribution in [0, 0.1) is 0 Å². The Balaban J connectivity index is 1.27. The fourth-order valence-corrected chi connectivity index (χ4v) is 4.33. The zero-order valence-corrected chi connectivity index (χ0v) is 20.4.